The lowest BCUT2D eigenvalue weighted by molar-refractivity contribution is 0.0622. The second-order valence-corrected chi connectivity index (χ2v) is 16.2. The number of hydrogen-bond acceptors (Lipinski definition) is 5. The molecule has 0 saturated carbocycles. The number of rotatable bonds is 16. The van der Waals surface area contributed by atoms with Crippen LogP contribution in [0.2, 0.25) is 0 Å². The number of carbonyl (C=O) groups excluding carboxylic acids is 2. The summed E-state index contributed by atoms with van der Waals surface area (Å²) in [5.41, 5.74) is 1.22. The molecule has 4 rings (SSSR count). The van der Waals surface area contributed by atoms with Crippen LogP contribution in [-0.4, -0.2) is 23.3 Å². The zero-order chi connectivity index (χ0) is 27.1. The van der Waals surface area contributed by atoms with Gasteiger partial charge in [0, 0.05) is 16.3 Å². The molecule has 38 heavy (non-hydrogen) atoms. The Labute approximate surface area is 256 Å². The molecule has 0 bridgehead atoms. The van der Waals surface area contributed by atoms with Crippen LogP contribution in [0.1, 0.15) is 112 Å². The Morgan fingerprint density at radius 1 is 0.658 bits per heavy atom. The lowest BCUT2D eigenvalue weighted by atomic mass is 9.93. The van der Waals surface area contributed by atoms with Gasteiger partial charge >= 0.3 is 0 Å². The van der Waals surface area contributed by atoms with Gasteiger partial charge in [-0.2, -0.15) is 0 Å². The summed E-state index contributed by atoms with van der Waals surface area (Å²) >= 11 is 11.9. The predicted molar refractivity (Wildman–Crippen MR) is 172 cm³/mol. The number of halogens is 2. The van der Waals surface area contributed by atoms with Crippen LogP contribution in [-0.2, 0) is 0 Å². The monoisotopic (exact) mass is 697 g/mol. The average Bonchev–Trinajstić information content (AvgIpc) is 3.67. The minimum atomic E-state index is -0.107. The number of imide groups is 1. The normalized spacial score (nSPS) is 14.1. The maximum Gasteiger partial charge on any atom is 0.263 e. The molecule has 8 heteroatoms. The molecule has 0 aromatic carbocycles. The molecule has 1 aliphatic rings. The molecule has 0 radical (unpaired) electrons. The van der Waals surface area contributed by atoms with Gasteiger partial charge in [-0.25, -0.2) is 0 Å². The first-order valence-corrected chi connectivity index (χ1v) is 18.0. The second kappa shape index (κ2) is 14.7. The fourth-order valence-electron chi connectivity index (χ4n) is 5.25. The molecule has 1 unspecified atom stereocenters. The fourth-order valence-corrected chi connectivity index (χ4v) is 9.53. The molecule has 3 aromatic heterocycles. The summed E-state index contributed by atoms with van der Waals surface area (Å²) in [5, 5.41) is 0. The van der Waals surface area contributed by atoms with Crippen LogP contribution in [0.15, 0.2) is 31.8 Å². The Bertz CT molecular complexity index is 1150. The third-order valence-electron chi connectivity index (χ3n) is 7.29. The van der Waals surface area contributed by atoms with Crippen molar-refractivity contribution in [2.45, 2.75) is 90.9 Å². The quantitative estimate of drug-likeness (QED) is 0.110. The van der Waals surface area contributed by atoms with E-state index in [0.717, 1.165) is 39.9 Å². The topological polar surface area (TPSA) is 37.4 Å². The summed E-state index contributed by atoms with van der Waals surface area (Å²) in [6, 6.07) is 8.12. The van der Waals surface area contributed by atoms with Gasteiger partial charge in [-0.15, -0.1) is 34.0 Å². The van der Waals surface area contributed by atoms with Crippen molar-refractivity contribution in [3.8, 4) is 19.5 Å². The van der Waals surface area contributed by atoms with E-state index in [1.54, 1.807) is 38.9 Å². The first kappa shape index (κ1) is 30.2. The summed E-state index contributed by atoms with van der Waals surface area (Å²) in [4.78, 5) is 33.3. The first-order chi connectivity index (χ1) is 18.4. The number of carbonyl (C=O) groups is 2. The summed E-state index contributed by atoms with van der Waals surface area (Å²) in [6.45, 7) is 5.03. The van der Waals surface area contributed by atoms with Crippen LogP contribution >= 0.6 is 65.9 Å². The van der Waals surface area contributed by atoms with E-state index < -0.39 is 0 Å². The number of fused-ring (bicyclic) bond motifs is 1. The summed E-state index contributed by atoms with van der Waals surface area (Å²) in [7, 11) is 0. The van der Waals surface area contributed by atoms with E-state index in [1.807, 2.05) is 24.3 Å². The van der Waals surface area contributed by atoms with Crippen LogP contribution in [0, 0.1) is 5.92 Å². The molecule has 1 aliphatic heterocycles. The molecule has 3 aromatic rings. The van der Waals surface area contributed by atoms with Crippen molar-refractivity contribution in [3.05, 3.63) is 43.0 Å². The number of amides is 2. The molecule has 0 aliphatic carbocycles. The van der Waals surface area contributed by atoms with E-state index in [2.05, 4.69) is 45.7 Å². The highest BCUT2D eigenvalue weighted by Gasteiger charge is 2.43. The van der Waals surface area contributed by atoms with Gasteiger partial charge in [0.2, 0.25) is 0 Å². The van der Waals surface area contributed by atoms with Crippen molar-refractivity contribution in [1.29, 1.82) is 0 Å². The van der Waals surface area contributed by atoms with Crippen molar-refractivity contribution in [3.63, 3.8) is 0 Å². The highest BCUT2D eigenvalue weighted by atomic mass is 79.9. The fraction of sp³-hybridized carbons (Fsp3) is 0.533. The minimum absolute atomic E-state index is 0.107. The van der Waals surface area contributed by atoms with Gasteiger partial charge in [0.1, 0.15) is 0 Å². The Morgan fingerprint density at radius 3 is 1.55 bits per heavy atom. The molecule has 4 heterocycles. The number of hydrogen-bond donors (Lipinski definition) is 0. The standard InChI is InChI=1S/C30H37Br2NO2S3/c1-3-5-7-9-10-12-14-20(13-11-8-6-4-2)19-33-29(34)25-26(30(33)35)28(22-16-18-24(32)37-22)38-27(25)21-15-17-23(31)36-21/h15-18,20H,3-14,19H2,1-2H3. The minimum Gasteiger partial charge on any atom is -0.274 e. The van der Waals surface area contributed by atoms with Crippen molar-refractivity contribution in [2.75, 3.05) is 6.54 Å². The Hall–Kier alpha value is -0.800. The Kier molecular flexibility index (Phi) is 11.7. The Morgan fingerprint density at radius 2 is 1.11 bits per heavy atom. The van der Waals surface area contributed by atoms with Gasteiger partial charge < -0.3 is 0 Å². The smallest absolute Gasteiger partial charge is 0.263 e. The lowest BCUT2D eigenvalue weighted by Crippen LogP contribution is -2.35. The number of nitrogens with zero attached hydrogens (tertiary/aromatic N) is 1. The van der Waals surface area contributed by atoms with E-state index >= 15 is 0 Å². The van der Waals surface area contributed by atoms with Crippen molar-refractivity contribution < 1.29 is 9.59 Å². The average molecular weight is 700 g/mol. The summed E-state index contributed by atoms with van der Waals surface area (Å²) < 4.78 is 2.05. The molecule has 2 amide bonds. The zero-order valence-corrected chi connectivity index (χ0v) is 27.9. The number of thiophene rings is 3. The van der Waals surface area contributed by atoms with Crippen LogP contribution in [0.3, 0.4) is 0 Å². The Balaban J connectivity index is 1.57. The van der Waals surface area contributed by atoms with E-state index in [9.17, 15) is 9.59 Å². The van der Waals surface area contributed by atoms with Crippen molar-refractivity contribution >= 4 is 77.7 Å². The van der Waals surface area contributed by atoms with Crippen LogP contribution in [0.5, 0.6) is 0 Å². The van der Waals surface area contributed by atoms with E-state index in [4.69, 9.17) is 0 Å². The highest BCUT2D eigenvalue weighted by molar-refractivity contribution is 9.11. The van der Waals surface area contributed by atoms with E-state index in [-0.39, 0.29) is 11.8 Å². The van der Waals surface area contributed by atoms with Gasteiger partial charge in [0.05, 0.1) is 28.5 Å². The third-order valence-corrected chi connectivity index (χ3v) is 12.1. The summed E-state index contributed by atoms with van der Waals surface area (Å²) in [6.07, 6.45) is 14.7. The van der Waals surface area contributed by atoms with Crippen molar-refractivity contribution in [1.82, 2.24) is 4.90 Å². The van der Waals surface area contributed by atoms with Gasteiger partial charge in [-0.3, -0.25) is 14.5 Å². The largest absolute Gasteiger partial charge is 0.274 e. The molecule has 0 spiro atoms. The third kappa shape index (κ3) is 7.28. The molecular formula is C30H37Br2NO2S3. The van der Waals surface area contributed by atoms with Gasteiger partial charge in [-0.1, -0.05) is 78.1 Å². The van der Waals surface area contributed by atoms with Crippen LogP contribution < -0.4 is 0 Å². The predicted octanol–water partition coefficient (Wildman–Crippen LogP) is 11.7. The molecular weight excluding hydrogens is 662 g/mol. The molecule has 0 N–H and O–H groups in total. The molecule has 206 valence electrons. The first-order valence-electron chi connectivity index (χ1n) is 14.0. The van der Waals surface area contributed by atoms with E-state index in [1.165, 1.54) is 64.2 Å². The molecule has 0 fully saturated rings. The van der Waals surface area contributed by atoms with E-state index in [0.29, 0.717) is 23.6 Å². The molecule has 0 saturated heterocycles. The zero-order valence-electron chi connectivity index (χ0n) is 22.3. The van der Waals surface area contributed by atoms with Crippen LogP contribution in [0.4, 0.5) is 0 Å². The molecule has 3 nitrogen and oxygen atoms in total. The SMILES string of the molecule is CCCCCCCCC(CCCCCC)CN1C(=O)c2c(-c3ccc(Br)s3)sc(-c3ccc(Br)s3)c2C1=O. The maximum absolute atomic E-state index is 13.9. The van der Waals surface area contributed by atoms with Crippen LogP contribution in [0.25, 0.3) is 19.5 Å². The molecule has 1 atom stereocenters. The summed E-state index contributed by atoms with van der Waals surface area (Å²) in [5.74, 6) is 0.158. The van der Waals surface area contributed by atoms with Crippen molar-refractivity contribution in [2.24, 2.45) is 5.92 Å². The second-order valence-electron chi connectivity index (χ2n) is 10.2. The highest BCUT2D eigenvalue weighted by Crippen LogP contribution is 2.50. The van der Waals surface area contributed by atoms with Gasteiger partial charge in [-0.05, 0) is 74.9 Å². The number of unbranched alkanes of at least 4 members (excludes halogenated alkanes) is 8. The maximum atomic E-state index is 13.9. The van der Waals surface area contributed by atoms with Gasteiger partial charge in [0.25, 0.3) is 11.8 Å². The van der Waals surface area contributed by atoms with Gasteiger partial charge in [0.15, 0.2) is 0 Å². The lowest BCUT2D eigenvalue weighted by Gasteiger charge is -2.23.